The summed E-state index contributed by atoms with van der Waals surface area (Å²) in [4.78, 5) is 0. The van der Waals surface area contributed by atoms with E-state index in [1.807, 2.05) is 6.92 Å². The van der Waals surface area contributed by atoms with Crippen LogP contribution in [0.25, 0.3) is 0 Å². The van der Waals surface area contributed by atoms with Gasteiger partial charge in [-0.1, -0.05) is 13.0 Å². The molecule has 0 saturated carbocycles. The van der Waals surface area contributed by atoms with Gasteiger partial charge in [0, 0.05) is 0 Å². The third-order valence-corrected chi connectivity index (χ3v) is 1.82. The number of hydrogen-bond acceptors (Lipinski definition) is 1. The molecular weight excluding hydrogens is 100 g/mol. The van der Waals surface area contributed by atoms with Gasteiger partial charge in [-0.2, -0.15) is 0 Å². The van der Waals surface area contributed by atoms with E-state index in [1.165, 1.54) is 0 Å². The van der Waals surface area contributed by atoms with Crippen LogP contribution in [0.3, 0.4) is 0 Å². The molecule has 0 aromatic carbocycles. The molecule has 0 radical (unpaired) electrons. The summed E-state index contributed by atoms with van der Waals surface area (Å²) in [5.41, 5.74) is 1.14. The molecule has 46 valence electrons. The van der Waals surface area contributed by atoms with Gasteiger partial charge in [0.25, 0.3) is 0 Å². The van der Waals surface area contributed by atoms with Crippen molar-refractivity contribution >= 4 is 0 Å². The van der Waals surface area contributed by atoms with Crippen molar-refractivity contribution in [2.75, 3.05) is 0 Å². The van der Waals surface area contributed by atoms with E-state index in [1.54, 1.807) is 0 Å². The molecular formula is C7H12O. The Bertz CT molecular complexity index is 116. The van der Waals surface area contributed by atoms with Crippen molar-refractivity contribution in [2.24, 2.45) is 5.92 Å². The third-order valence-electron chi connectivity index (χ3n) is 1.82. The van der Waals surface area contributed by atoms with Crippen LogP contribution < -0.4 is 0 Å². The summed E-state index contributed by atoms with van der Waals surface area (Å²) >= 11 is 0. The molecule has 2 atom stereocenters. The predicted octanol–water partition coefficient (Wildman–Crippen LogP) is 1.33. The van der Waals surface area contributed by atoms with E-state index in [2.05, 4.69) is 13.0 Å². The zero-order valence-corrected chi connectivity index (χ0v) is 5.39. The Hall–Kier alpha value is -0.300. The second-order valence-electron chi connectivity index (χ2n) is 2.61. The van der Waals surface area contributed by atoms with Crippen molar-refractivity contribution in [1.29, 1.82) is 0 Å². The van der Waals surface area contributed by atoms with E-state index in [-0.39, 0.29) is 6.10 Å². The maximum absolute atomic E-state index is 9.20. The van der Waals surface area contributed by atoms with E-state index in [0.29, 0.717) is 5.92 Å². The molecule has 1 heteroatoms. The van der Waals surface area contributed by atoms with Crippen molar-refractivity contribution in [1.82, 2.24) is 0 Å². The maximum Gasteiger partial charge on any atom is 0.0775 e. The Morgan fingerprint density at radius 2 is 2.38 bits per heavy atom. The van der Waals surface area contributed by atoms with Crippen molar-refractivity contribution in [3.63, 3.8) is 0 Å². The van der Waals surface area contributed by atoms with Gasteiger partial charge in [-0.05, 0) is 24.8 Å². The summed E-state index contributed by atoms with van der Waals surface area (Å²) in [6.07, 6.45) is 3.00. The highest BCUT2D eigenvalue weighted by Crippen LogP contribution is 2.23. The highest BCUT2D eigenvalue weighted by atomic mass is 16.3. The van der Waals surface area contributed by atoms with Crippen LogP contribution in [0.4, 0.5) is 0 Å². The third kappa shape index (κ3) is 0.781. The lowest BCUT2D eigenvalue weighted by molar-refractivity contribution is 0.165. The van der Waals surface area contributed by atoms with Gasteiger partial charge in [0.15, 0.2) is 0 Å². The molecule has 1 N–H and O–H groups in total. The number of hydrogen-bond donors (Lipinski definition) is 1. The van der Waals surface area contributed by atoms with Crippen LogP contribution in [0.1, 0.15) is 20.3 Å². The van der Waals surface area contributed by atoms with E-state index < -0.39 is 0 Å². The highest BCUT2D eigenvalue weighted by molar-refractivity contribution is 5.12. The number of allylic oxidation sites excluding steroid dienone is 1. The molecule has 1 rings (SSSR count). The smallest absolute Gasteiger partial charge is 0.0775 e. The van der Waals surface area contributed by atoms with Gasteiger partial charge < -0.3 is 5.11 Å². The summed E-state index contributed by atoms with van der Waals surface area (Å²) < 4.78 is 0. The quantitative estimate of drug-likeness (QED) is 0.469. The van der Waals surface area contributed by atoms with Crippen LogP contribution in [-0.4, -0.2) is 11.2 Å². The zero-order chi connectivity index (χ0) is 6.15. The van der Waals surface area contributed by atoms with Gasteiger partial charge in [0.1, 0.15) is 0 Å². The van der Waals surface area contributed by atoms with Gasteiger partial charge in [-0.25, -0.2) is 0 Å². The van der Waals surface area contributed by atoms with E-state index in [4.69, 9.17) is 0 Å². The molecule has 0 bridgehead atoms. The van der Waals surface area contributed by atoms with Gasteiger partial charge in [0.05, 0.1) is 6.10 Å². The van der Waals surface area contributed by atoms with Crippen molar-refractivity contribution in [3.05, 3.63) is 11.6 Å². The summed E-state index contributed by atoms with van der Waals surface area (Å²) in [5.74, 6) is 0.454. The number of aliphatic hydroxyl groups excluding tert-OH is 1. The molecule has 0 aliphatic heterocycles. The first-order valence-electron chi connectivity index (χ1n) is 3.06. The number of rotatable bonds is 0. The lowest BCUT2D eigenvalue weighted by Crippen LogP contribution is -2.11. The minimum atomic E-state index is -0.157. The normalized spacial score (nSPS) is 37.6. The molecule has 0 aromatic rings. The molecule has 0 fully saturated rings. The van der Waals surface area contributed by atoms with Crippen molar-refractivity contribution < 1.29 is 5.11 Å². The standard InChI is InChI=1S/C7H12O/c1-5-3-4-6(2)7(5)8/h3,6-8H,4H2,1-2H3. The fraction of sp³-hybridized carbons (Fsp3) is 0.714. The lowest BCUT2D eigenvalue weighted by atomic mass is 10.1. The molecule has 2 unspecified atom stereocenters. The van der Waals surface area contributed by atoms with Crippen LogP contribution >= 0.6 is 0 Å². The topological polar surface area (TPSA) is 20.2 Å². The Morgan fingerprint density at radius 1 is 1.75 bits per heavy atom. The van der Waals surface area contributed by atoms with Crippen molar-refractivity contribution in [2.45, 2.75) is 26.4 Å². The molecule has 1 aliphatic rings. The molecule has 0 amide bonds. The zero-order valence-electron chi connectivity index (χ0n) is 5.39. The highest BCUT2D eigenvalue weighted by Gasteiger charge is 2.19. The van der Waals surface area contributed by atoms with E-state index in [0.717, 1.165) is 12.0 Å². The fourth-order valence-electron chi connectivity index (χ4n) is 1.07. The molecule has 1 nitrogen and oxygen atoms in total. The van der Waals surface area contributed by atoms with Crippen LogP contribution in [0, 0.1) is 5.92 Å². The van der Waals surface area contributed by atoms with Crippen molar-refractivity contribution in [3.8, 4) is 0 Å². The maximum atomic E-state index is 9.20. The summed E-state index contributed by atoms with van der Waals surface area (Å²) in [6, 6.07) is 0. The average molecular weight is 112 g/mol. The second kappa shape index (κ2) is 1.90. The molecule has 0 heterocycles. The Labute approximate surface area is 50.0 Å². The summed E-state index contributed by atoms with van der Waals surface area (Å²) in [7, 11) is 0. The molecule has 1 aliphatic carbocycles. The molecule has 0 aromatic heterocycles. The SMILES string of the molecule is CC1=CCC(C)C1O. The Kier molecular flexibility index (Phi) is 1.39. The molecule has 0 saturated heterocycles. The van der Waals surface area contributed by atoms with Gasteiger partial charge >= 0.3 is 0 Å². The number of aliphatic hydroxyl groups is 1. The minimum Gasteiger partial charge on any atom is -0.388 e. The van der Waals surface area contributed by atoms with Crippen LogP contribution in [0.15, 0.2) is 11.6 Å². The average Bonchev–Trinajstić information content (AvgIpc) is 1.98. The van der Waals surface area contributed by atoms with Gasteiger partial charge in [-0.3, -0.25) is 0 Å². The molecule has 0 spiro atoms. The first-order valence-corrected chi connectivity index (χ1v) is 3.06. The van der Waals surface area contributed by atoms with Gasteiger partial charge in [0.2, 0.25) is 0 Å². The Balaban J connectivity index is 2.59. The van der Waals surface area contributed by atoms with Crippen LogP contribution in [0.5, 0.6) is 0 Å². The fourth-order valence-corrected chi connectivity index (χ4v) is 1.07. The van der Waals surface area contributed by atoms with E-state index >= 15 is 0 Å². The van der Waals surface area contributed by atoms with Crippen LogP contribution in [-0.2, 0) is 0 Å². The minimum absolute atomic E-state index is 0.157. The van der Waals surface area contributed by atoms with Crippen LogP contribution in [0.2, 0.25) is 0 Å². The second-order valence-corrected chi connectivity index (χ2v) is 2.61. The lowest BCUT2D eigenvalue weighted by Gasteiger charge is -2.08. The largest absolute Gasteiger partial charge is 0.388 e. The molecule has 8 heavy (non-hydrogen) atoms. The Morgan fingerprint density at radius 3 is 2.50 bits per heavy atom. The monoisotopic (exact) mass is 112 g/mol. The predicted molar refractivity (Wildman–Crippen MR) is 33.5 cm³/mol. The summed E-state index contributed by atoms with van der Waals surface area (Å²) in [5, 5.41) is 9.20. The summed E-state index contributed by atoms with van der Waals surface area (Å²) in [6.45, 7) is 4.05. The first kappa shape index (κ1) is 5.83. The van der Waals surface area contributed by atoms with Gasteiger partial charge in [-0.15, -0.1) is 0 Å². The first-order chi connectivity index (χ1) is 3.72. The van der Waals surface area contributed by atoms with E-state index in [9.17, 15) is 5.11 Å².